The molecule has 1 aromatic carbocycles. The van der Waals surface area contributed by atoms with Crippen LogP contribution >= 0.6 is 11.6 Å². The van der Waals surface area contributed by atoms with Crippen LogP contribution in [0.5, 0.6) is 0 Å². The molecule has 0 bridgehead atoms. The lowest BCUT2D eigenvalue weighted by Crippen LogP contribution is -2.16. The fourth-order valence-corrected chi connectivity index (χ4v) is 3.28. The third kappa shape index (κ3) is 5.80. The number of rotatable bonds is 4. The molecule has 1 aliphatic rings. The summed E-state index contributed by atoms with van der Waals surface area (Å²) < 4.78 is 1.99. The van der Waals surface area contributed by atoms with Crippen molar-refractivity contribution in [1.29, 1.82) is 0 Å². The van der Waals surface area contributed by atoms with Crippen molar-refractivity contribution in [3.05, 3.63) is 45.7 Å². The van der Waals surface area contributed by atoms with Gasteiger partial charge in [-0.1, -0.05) is 17.7 Å². The van der Waals surface area contributed by atoms with Gasteiger partial charge in [0.25, 0.3) is 0 Å². The maximum atomic E-state index is 9.64. The minimum atomic E-state index is -1.08. The molecular formula is C19H24ClN3O4. The van der Waals surface area contributed by atoms with Crippen LogP contribution in [0.25, 0.3) is 5.69 Å². The molecule has 1 aromatic heterocycles. The zero-order valence-corrected chi connectivity index (χ0v) is 16.2. The van der Waals surface area contributed by atoms with Crippen LogP contribution in [0.15, 0.2) is 18.2 Å². The van der Waals surface area contributed by atoms with Gasteiger partial charge in [0.15, 0.2) is 0 Å². The maximum absolute atomic E-state index is 9.64. The molecule has 0 radical (unpaired) electrons. The molecule has 7 nitrogen and oxygen atoms in total. The average molecular weight is 394 g/mol. The van der Waals surface area contributed by atoms with E-state index in [1.807, 2.05) is 17.7 Å². The Hall–Kier alpha value is -2.38. The fraction of sp³-hybridized carbons (Fsp3) is 0.421. The lowest BCUT2D eigenvalue weighted by atomic mass is 10.0. The van der Waals surface area contributed by atoms with Crippen LogP contribution < -0.4 is 5.32 Å². The van der Waals surface area contributed by atoms with Gasteiger partial charge in [-0.3, -0.25) is 9.59 Å². The highest BCUT2D eigenvalue weighted by molar-refractivity contribution is 6.32. The summed E-state index contributed by atoms with van der Waals surface area (Å²) in [5.74, 6) is -2.15. The molecule has 146 valence electrons. The van der Waals surface area contributed by atoms with Crippen LogP contribution in [0, 0.1) is 13.8 Å². The first-order valence-corrected chi connectivity index (χ1v) is 9.15. The first kappa shape index (κ1) is 20.9. The lowest BCUT2D eigenvalue weighted by molar-refractivity contribution is -0.143. The zero-order chi connectivity index (χ0) is 20.0. The molecule has 0 atom stereocenters. The van der Waals surface area contributed by atoms with E-state index in [9.17, 15) is 9.59 Å². The average Bonchev–Trinajstić information content (AvgIpc) is 2.80. The Labute approximate surface area is 163 Å². The first-order valence-electron chi connectivity index (χ1n) is 8.77. The van der Waals surface area contributed by atoms with Crippen LogP contribution in [0.2, 0.25) is 5.02 Å². The van der Waals surface area contributed by atoms with E-state index in [1.165, 1.54) is 11.1 Å². The van der Waals surface area contributed by atoms with Gasteiger partial charge >= 0.3 is 11.9 Å². The predicted octanol–water partition coefficient (Wildman–Crippen LogP) is 2.77. The Morgan fingerprint density at radius 2 is 1.78 bits per heavy atom. The summed E-state index contributed by atoms with van der Waals surface area (Å²) in [6.45, 7) is 6.12. The highest BCUT2D eigenvalue weighted by Crippen LogP contribution is 2.29. The van der Waals surface area contributed by atoms with E-state index in [-0.39, 0.29) is 12.8 Å². The minimum absolute atomic E-state index is 0.296. The molecule has 3 rings (SSSR count). The Kier molecular flexibility index (Phi) is 7.38. The molecule has 0 aliphatic carbocycles. The number of aryl methyl sites for hydroxylation is 2. The second-order valence-electron chi connectivity index (χ2n) is 6.41. The minimum Gasteiger partial charge on any atom is -0.481 e. The Bertz CT molecular complexity index is 819. The molecule has 0 fully saturated rings. The summed E-state index contributed by atoms with van der Waals surface area (Å²) in [5, 5.41) is 24.6. The van der Waals surface area contributed by atoms with Gasteiger partial charge in [-0.05, 0) is 63.0 Å². The van der Waals surface area contributed by atoms with Crippen molar-refractivity contribution in [3.8, 4) is 5.69 Å². The predicted molar refractivity (Wildman–Crippen MR) is 103 cm³/mol. The first-order chi connectivity index (χ1) is 12.8. The van der Waals surface area contributed by atoms with Gasteiger partial charge in [0.1, 0.15) is 0 Å². The molecule has 8 heteroatoms. The Morgan fingerprint density at radius 3 is 2.33 bits per heavy atom. The van der Waals surface area contributed by atoms with Crippen molar-refractivity contribution in [2.45, 2.75) is 39.5 Å². The highest BCUT2D eigenvalue weighted by atomic mass is 35.5. The number of fused-ring (bicyclic) bond motifs is 1. The monoisotopic (exact) mass is 393 g/mol. The van der Waals surface area contributed by atoms with Crippen molar-refractivity contribution < 1.29 is 19.8 Å². The number of carboxylic acids is 2. The van der Waals surface area contributed by atoms with E-state index in [0.29, 0.717) is 0 Å². The van der Waals surface area contributed by atoms with Crippen molar-refractivity contribution in [3.63, 3.8) is 0 Å². The SMILES string of the molecule is Cc1cc(C)n(-c2c(Cl)ccc3c2CCNCC3)n1.O=C(O)CCC(=O)O. The molecule has 1 aliphatic heterocycles. The summed E-state index contributed by atoms with van der Waals surface area (Å²) in [6.07, 6.45) is 1.47. The number of carbonyl (C=O) groups is 2. The summed E-state index contributed by atoms with van der Waals surface area (Å²) in [5.41, 5.74) is 5.94. The molecule has 27 heavy (non-hydrogen) atoms. The molecule has 2 aromatic rings. The third-order valence-electron chi connectivity index (χ3n) is 4.23. The quantitative estimate of drug-likeness (QED) is 0.737. The number of halogens is 1. The maximum Gasteiger partial charge on any atom is 0.303 e. The van der Waals surface area contributed by atoms with E-state index >= 15 is 0 Å². The number of aliphatic carboxylic acids is 2. The van der Waals surface area contributed by atoms with Crippen molar-refractivity contribution >= 4 is 23.5 Å². The van der Waals surface area contributed by atoms with Crippen LogP contribution in [0.3, 0.4) is 0 Å². The van der Waals surface area contributed by atoms with Gasteiger partial charge in [0.2, 0.25) is 0 Å². The van der Waals surface area contributed by atoms with Gasteiger partial charge in [0.05, 0.1) is 29.2 Å². The summed E-state index contributed by atoms with van der Waals surface area (Å²) >= 11 is 6.45. The Balaban J connectivity index is 0.000000279. The van der Waals surface area contributed by atoms with E-state index in [1.54, 1.807) is 0 Å². The van der Waals surface area contributed by atoms with Crippen LogP contribution in [0.4, 0.5) is 0 Å². The lowest BCUT2D eigenvalue weighted by Gasteiger charge is -2.15. The normalized spacial score (nSPS) is 13.1. The smallest absolute Gasteiger partial charge is 0.303 e. The van der Waals surface area contributed by atoms with E-state index in [0.717, 1.165) is 48.0 Å². The summed E-state index contributed by atoms with van der Waals surface area (Å²) in [4.78, 5) is 19.3. The number of carboxylic acid groups (broad SMARTS) is 2. The van der Waals surface area contributed by atoms with E-state index in [4.69, 9.17) is 21.8 Å². The van der Waals surface area contributed by atoms with Gasteiger partial charge in [-0.25, -0.2) is 4.68 Å². The molecule has 0 unspecified atom stereocenters. The summed E-state index contributed by atoms with van der Waals surface area (Å²) in [7, 11) is 0. The van der Waals surface area contributed by atoms with Crippen molar-refractivity contribution in [2.24, 2.45) is 0 Å². The third-order valence-corrected chi connectivity index (χ3v) is 4.53. The van der Waals surface area contributed by atoms with Gasteiger partial charge in [-0.15, -0.1) is 0 Å². The van der Waals surface area contributed by atoms with Crippen LogP contribution in [-0.4, -0.2) is 45.0 Å². The van der Waals surface area contributed by atoms with Crippen molar-refractivity contribution in [1.82, 2.24) is 15.1 Å². The van der Waals surface area contributed by atoms with Crippen LogP contribution in [0.1, 0.15) is 35.4 Å². The molecule has 0 spiro atoms. The largest absolute Gasteiger partial charge is 0.481 e. The molecule has 0 saturated heterocycles. The number of nitrogens with one attached hydrogen (secondary N) is 1. The second kappa shape index (κ2) is 9.53. The van der Waals surface area contributed by atoms with Gasteiger partial charge in [-0.2, -0.15) is 5.10 Å². The number of hydrogen-bond acceptors (Lipinski definition) is 4. The standard InChI is InChI=1S/C15H18ClN3.C4H6O4/c1-10-9-11(2)19(18-10)15-13-6-8-17-7-5-12(13)3-4-14(15)16;5-3(6)1-2-4(7)8/h3-4,9,17H,5-8H2,1-2H3;1-2H2,(H,5,6)(H,7,8). The van der Waals surface area contributed by atoms with Crippen molar-refractivity contribution in [2.75, 3.05) is 13.1 Å². The molecular weight excluding hydrogens is 370 g/mol. The molecule has 3 N–H and O–H groups in total. The highest BCUT2D eigenvalue weighted by Gasteiger charge is 2.18. The van der Waals surface area contributed by atoms with E-state index in [2.05, 4.69) is 29.5 Å². The fourth-order valence-electron chi connectivity index (χ4n) is 3.02. The summed E-state index contributed by atoms with van der Waals surface area (Å²) in [6, 6.07) is 6.24. The van der Waals surface area contributed by atoms with Gasteiger partial charge < -0.3 is 15.5 Å². The van der Waals surface area contributed by atoms with Crippen LogP contribution in [-0.2, 0) is 22.4 Å². The van der Waals surface area contributed by atoms with E-state index < -0.39 is 11.9 Å². The number of hydrogen-bond donors (Lipinski definition) is 3. The molecule has 2 heterocycles. The number of aromatic nitrogens is 2. The number of nitrogens with zero attached hydrogens (tertiary/aromatic N) is 2. The molecule has 0 amide bonds. The van der Waals surface area contributed by atoms with Gasteiger partial charge in [0, 0.05) is 5.69 Å². The topological polar surface area (TPSA) is 104 Å². The number of benzene rings is 1. The molecule has 0 saturated carbocycles. The second-order valence-corrected chi connectivity index (χ2v) is 6.82. The zero-order valence-electron chi connectivity index (χ0n) is 15.5. The Morgan fingerprint density at radius 1 is 1.15 bits per heavy atom.